The number of ether oxygens (including phenoxy) is 2. The van der Waals surface area contributed by atoms with Crippen molar-refractivity contribution in [3.8, 4) is 22.8 Å². The largest absolute Gasteiger partial charge is 0.497 e. The van der Waals surface area contributed by atoms with Gasteiger partial charge in [-0.25, -0.2) is 4.98 Å². The number of carbonyl (C=O) groups excluding carboxylic acids is 1. The highest BCUT2D eigenvalue weighted by molar-refractivity contribution is 6.07. The Bertz CT molecular complexity index is 840. The van der Waals surface area contributed by atoms with Crippen molar-refractivity contribution in [3.05, 3.63) is 66.1 Å². The Morgan fingerprint density at radius 2 is 1.87 bits per heavy atom. The highest BCUT2D eigenvalue weighted by Crippen LogP contribution is 2.28. The van der Waals surface area contributed by atoms with Crippen molar-refractivity contribution in [2.24, 2.45) is 0 Å². The van der Waals surface area contributed by atoms with Gasteiger partial charge < -0.3 is 14.5 Å². The van der Waals surface area contributed by atoms with Crippen molar-refractivity contribution in [2.75, 3.05) is 14.2 Å². The lowest BCUT2D eigenvalue weighted by molar-refractivity contribution is 0.103. The fourth-order valence-electron chi connectivity index (χ4n) is 2.34. The molecular weight excluding hydrogens is 292 g/mol. The molecular formula is C18H16N2O3. The van der Waals surface area contributed by atoms with E-state index in [1.54, 1.807) is 44.7 Å². The molecule has 0 aliphatic rings. The lowest BCUT2D eigenvalue weighted by Crippen LogP contribution is -2.03. The van der Waals surface area contributed by atoms with E-state index in [4.69, 9.17) is 9.47 Å². The summed E-state index contributed by atoms with van der Waals surface area (Å²) < 4.78 is 10.5. The van der Waals surface area contributed by atoms with E-state index in [0.29, 0.717) is 11.3 Å². The van der Waals surface area contributed by atoms with E-state index >= 15 is 0 Å². The molecule has 0 amide bonds. The van der Waals surface area contributed by atoms with Crippen LogP contribution in [-0.4, -0.2) is 30.0 Å². The number of H-pyrrole nitrogens is 1. The maximum atomic E-state index is 12.5. The Labute approximate surface area is 133 Å². The van der Waals surface area contributed by atoms with Gasteiger partial charge in [-0.15, -0.1) is 0 Å². The number of rotatable bonds is 5. The summed E-state index contributed by atoms with van der Waals surface area (Å²) in [6, 6.07) is 14.5. The quantitative estimate of drug-likeness (QED) is 0.734. The molecule has 1 heterocycles. The molecule has 0 unspecified atom stereocenters. The number of ketones is 1. The van der Waals surface area contributed by atoms with Gasteiger partial charge in [0.15, 0.2) is 5.82 Å². The second kappa shape index (κ2) is 6.36. The Kier molecular flexibility index (Phi) is 4.10. The first-order valence-electron chi connectivity index (χ1n) is 7.10. The van der Waals surface area contributed by atoms with E-state index in [9.17, 15) is 4.79 Å². The van der Waals surface area contributed by atoms with Gasteiger partial charge >= 0.3 is 0 Å². The minimum atomic E-state index is -0.190. The van der Waals surface area contributed by atoms with Gasteiger partial charge in [0.2, 0.25) is 5.78 Å². The van der Waals surface area contributed by atoms with E-state index in [1.807, 2.05) is 24.3 Å². The van der Waals surface area contributed by atoms with Crippen LogP contribution < -0.4 is 9.47 Å². The Hall–Kier alpha value is -3.08. The zero-order chi connectivity index (χ0) is 16.2. The molecule has 0 saturated carbocycles. The number of carbonyl (C=O) groups is 1. The van der Waals surface area contributed by atoms with Gasteiger partial charge in [0, 0.05) is 11.1 Å². The molecule has 3 aromatic rings. The van der Waals surface area contributed by atoms with E-state index < -0.39 is 0 Å². The zero-order valence-corrected chi connectivity index (χ0v) is 12.9. The van der Waals surface area contributed by atoms with Gasteiger partial charge in [0.1, 0.15) is 11.5 Å². The molecule has 0 bridgehead atoms. The fraction of sp³-hybridized carbons (Fsp3) is 0.111. The third-order valence-corrected chi connectivity index (χ3v) is 3.52. The number of aromatic amines is 1. The van der Waals surface area contributed by atoms with Crippen molar-refractivity contribution in [1.29, 1.82) is 0 Å². The van der Waals surface area contributed by atoms with E-state index in [1.165, 1.54) is 0 Å². The van der Waals surface area contributed by atoms with Crippen LogP contribution in [0.3, 0.4) is 0 Å². The summed E-state index contributed by atoms with van der Waals surface area (Å²) in [5.41, 5.74) is 2.10. The number of benzene rings is 2. The highest BCUT2D eigenvalue weighted by Gasteiger charge is 2.15. The first-order chi connectivity index (χ1) is 11.2. The van der Waals surface area contributed by atoms with Crippen molar-refractivity contribution in [3.63, 3.8) is 0 Å². The van der Waals surface area contributed by atoms with Crippen LogP contribution in [0, 0.1) is 0 Å². The van der Waals surface area contributed by atoms with E-state index in [0.717, 1.165) is 17.0 Å². The number of hydrogen-bond acceptors (Lipinski definition) is 4. The average Bonchev–Trinajstić information content (AvgIpc) is 3.11. The Morgan fingerprint density at radius 3 is 2.65 bits per heavy atom. The highest BCUT2D eigenvalue weighted by atomic mass is 16.5. The number of hydrogen-bond donors (Lipinski definition) is 1. The van der Waals surface area contributed by atoms with E-state index in [-0.39, 0.29) is 11.6 Å². The number of aromatic nitrogens is 2. The summed E-state index contributed by atoms with van der Waals surface area (Å²) in [6.45, 7) is 0. The van der Waals surface area contributed by atoms with Crippen molar-refractivity contribution < 1.29 is 14.3 Å². The molecule has 23 heavy (non-hydrogen) atoms. The van der Waals surface area contributed by atoms with Gasteiger partial charge in [-0.05, 0) is 24.3 Å². The van der Waals surface area contributed by atoms with Gasteiger partial charge in [-0.3, -0.25) is 4.79 Å². The standard InChI is InChI=1S/C18H16N2O3/c1-22-13-7-5-6-12(10-13)17(21)18-19-11-15(20-18)14-8-3-4-9-16(14)23-2/h3-11H,1-2H3,(H,19,20). The third kappa shape index (κ3) is 2.94. The normalized spacial score (nSPS) is 10.3. The molecule has 1 aromatic heterocycles. The van der Waals surface area contributed by atoms with Crippen LogP contribution in [0.2, 0.25) is 0 Å². The number of nitrogens with one attached hydrogen (secondary N) is 1. The summed E-state index contributed by atoms with van der Waals surface area (Å²) in [5, 5.41) is 0. The molecule has 0 spiro atoms. The van der Waals surface area contributed by atoms with Crippen molar-refractivity contribution >= 4 is 5.78 Å². The van der Waals surface area contributed by atoms with Crippen molar-refractivity contribution in [1.82, 2.24) is 9.97 Å². The molecule has 0 aliphatic heterocycles. The van der Waals surface area contributed by atoms with Gasteiger partial charge in [-0.1, -0.05) is 24.3 Å². The Morgan fingerprint density at radius 1 is 1.04 bits per heavy atom. The van der Waals surface area contributed by atoms with Crippen LogP contribution in [-0.2, 0) is 0 Å². The molecule has 2 aromatic carbocycles. The molecule has 0 fully saturated rings. The summed E-state index contributed by atoms with van der Waals surface area (Å²) in [7, 11) is 3.17. The number of imidazole rings is 1. The smallest absolute Gasteiger partial charge is 0.228 e. The molecule has 116 valence electrons. The Balaban J connectivity index is 1.93. The molecule has 0 aliphatic carbocycles. The van der Waals surface area contributed by atoms with Crippen LogP contribution >= 0.6 is 0 Å². The monoisotopic (exact) mass is 308 g/mol. The first-order valence-corrected chi connectivity index (χ1v) is 7.10. The topological polar surface area (TPSA) is 64.2 Å². The van der Waals surface area contributed by atoms with Crippen LogP contribution in [0.25, 0.3) is 11.3 Å². The summed E-state index contributed by atoms with van der Waals surface area (Å²) in [6.07, 6.45) is 1.63. The summed E-state index contributed by atoms with van der Waals surface area (Å²) >= 11 is 0. The number of nitrogens with zero attached hydrogens (tertiary/aromatic N) is 1. The minimum absolute atomic E-state index is 0.190. The average molecular weight is 308 g/mol. The second-order valence-electron chi connectivity index (χ2n) is 4.91. The van der Waals surface area contributed by atoms with Crippen molar-refractivity contribution in [2.45, 2.75) is 0 Å². The van der Waals surface area contributed by atoms with Gasteiger partial charge in [0.25, 0.3) is 0 Å². The van der Waals surface area contributed by atoms with Crippen LogP contribution in [0.1, 0.15) is 16.2 Å². The predicted molar refractivity (Wildman–Crippen MR) is 87.0 cm³/mol. The van der Waals surface area contributed by atoms with Crippen LogP contribution in [0.15, 0.2) is 54.7 Å². The molecule has 5 nitrogen and oxygen atoms in total. The van der Waals surface area contributed by atoms with Gasteiger partial charge in [-0.2, -0.15) is 0 Å². The second-order valence-corrected chi connectivity index (χ2v) is 4.91. The molecule has 0 atom stereocenters. The molecule has 0 saturated heterocycles. The van der Waals surface area contributed by atoms with Gasteiger partial charge in [0.05, 0.1) is 26.1 Å². The lowest BCUT2D eigenvalue weighted by atomic mass is 10.1. The molecule has 1 N–H and O–H groups in total. The lowest BCUT2D eigenvalue weighted by Gasteiger charge is -2.05. The summed E-state index contributed by atoms with van der Waals surface area (Å²) in [5.74, 6) is 1.44. The third-order valence-electron chi connectivity index (χ3n) is 3.52. The first kappa shape index (κ1) is 14.8. The molecule has 5 heteroatoms. The fourth-order valence-corrected chi connectivity index (χ4v) is 2.34. The molecule has 3 rings (SSSR count). The summed E-state index contributed by atoms with van der Waals surface area (Å²) in [4.78, 5) is 19.8. The molecule has 0 radical (unpaired) electrons. The maximum absolute atomic E-state index is 12.5. The predicted octanol–water partition coefficient (Wildman–Crippen LogP) is 3.32. The van der Waals surface area contributed by atoms with Crippen LogP contribution in [0.4, 0.5) is 0 Å². The SMILES string of the molecule is COc1cccc(C(=O)c2ncc(-c3ccccc3OC)[nH]2)c1. The number of para-hydroxylation sites is 1. The van der Waals surface area contributed by atoms with Crippen LogP contribution in [0.5, 0.6) is 11.5 Å². The maximum Gasteiger partial charge on any atom is 0.228 e. The zero-order valence-electron chi connectivity index (χ0n) is 12.9. The van der Waals surface area contributed by atoms with E-state index in [2.05, 4.69) is 9.97 Å². The minimum Gasteiger partial charge on any atom is -0.497 e. The number of methoxy groups -OCH3 is 2.